The number of fused-ring (bicyclic) bond motifs is 1. The molecule has 0 radical (unpaired) electrons. The minimum atomic E-state index is -0.197. The number of carbonyl (C=O) groups excluding carboxylic acids is 1. The molecule has 0 aliphatic carbocycles. The van der Waals surface area contributed by atoms with Gasteiger partial charge in [0.05, 0.1) is 5.25 Å². The summed E-state index contributed by atoms with van der Waals surface area (Å²) in [6.45, 7) is 0. The number of aryl methyl sites for hydroxylation is 1. The minimum absolute atomic E-state index is 0.0147. The largest absolute Gasteiger partial charge is 0.325 e. The van der Waals surface area contributed by atoms with Crippen molar-refractivity contribution in [2.24, 2.45) is 7.05 Å². The van der Waals surface area contributed by atoms with Crippen molar-refractivity contribution in [1.82, 2.24) is 19.7 Å². The summed E-state index contributed by atoms with van der Waals surface area (Å²) in [6.07, 6.45) is 5.11. The van der Waals surface area contributed by atoms with Crippen molar-refractivity contribution in [3.63, 3.8) is 0 Å². The lowest BCUT2D eigenvalue weighted by molar-refractivity contribution is -0.115. The minimum Gasteiger partial charge on any atom is -0.325 e. The molecule has 4 rings (SSSR count). The summed E-state index contributed by atoms with van der Waals surface area (Å²) in [5.74, 6) is 0.758. The average molecular weight is 351 g/mol. The zero-order chi connectivity index (χ0) is 17.2. The van der Waals surface area contributed by atoms with Crippen LogP contribution in [-0.2, 0) is 18.3 Å². The number of thioether (sulfide) groups is 1. The van der Waals surface area contributed by atoms with Crippen LogP contribution in [0.25, 0.3) is 11.4 Å². The van der Waals surface area contributed by atoms with Crippen molar-refractivity contribution in [2.45, 2.75) is 23.2 Å². The first kappa shape index (κ1) is 15.8. The van der Waals surface area contributed by atoms with Gasteiger partial charge in [0, 0.05) is 30.7 Å². The van der Waals surface area contributed by atoms with Crippen molar-refractivity contribution >= 4 is 23.4 Å². The van der Waals surface area contributed by atoms with Gasteiger partial charge in [0.2, 0.25) is 5.91 Å². The Kier molecular flexibility index (Phi) is 4.23. The van der Waals surface area contributed by atoms with Crippen LogP contribution in [0.5, 0.6) is 0 Å². The normalized spacial score (nSPS) is 16.8. The number of hydrogen-bond acceptors (Lipinski definition) is 5. The molecule has 0 unspecified atom stereocenters. The molecule has 1 aliphatic heterocycles. The van der Waals surface area contributed by atoms with Gasteiger partial charge in [-0.25, -0.2) is 0 Å². The van der Waals surface area contributed by atoms with Gasteiger partial charge in [-0.3, -0.25) is 9.78 Å². The summed E-state index contributed by atoms with van der Waals surface area (Å²) in [5.41, 5.74) is 2.99. The molecule has 2 aromatic heterocycles. The molecule has 7 heteroatoms. The number of rotatable bonds is 3. The van der Waals surface area contributed by atoms with E-state index in [0.717, 1.165) is 35.1 Å². The van der Waals surface area contributed by atoms with Crippen LogP contribution in [0.1, 0.15) is 12.0 Å². The molecular formula is C18H17N5OS. The van der Waals surface area contributed by atoms with Crippen LogP contribution in [0, 0.1) is 0 Å². The number of carbonyl (C=O) groups is 1. The Morgan fingerprint density at radius 3 is 2.92 bits per heavy atom. The van der Waals surface area contributed by atoms with E-state index >= 15 is 0 Å². The summed E-state index contributed by atoms with van der Waals surface area (Å²) in [7, 11) is 1.91. The number of benzene rings is 1. The molecule has 3 heterocycles. The molecule has 1 N–H and O–H groups in total. The maximum atomic E-state index is 12.6. The van der Waals surface area contributed by atoms with Gasteiger partial charge in [0.1, 0.15) is 0 Å². The highest BCUT2D eigenvalue weighted by atomic mass is 32.2. The van der Waals surface area contributed by atoms with E-state index in [1.165, 1.54) is 17.3 Å². The highest BCUT2D eigenvalue weighted by Crippen LogP contribution is 2.31. The molecule has 0 fully saturated rings. The number of pyridine rings is 1. The topological polar surface area (TPSA) is 72.7 Å². The van der Waals surface area contributed by atoms with Gasteiger partial charge >= 0.3 is 0 Å². The predicted molar refractivity (Wildman–Crippen MR) is 97.3 cm³/mol. The molecule has 1 atom stereocenters. The van der Waals surface area contributed by atoms with Crippen molar-refractivity contribution in [2.75, 3.05) is 5.32 Å². The monoisotopic (exact) mass is 351 g/mol. The average Bonchev–Trinajstić information content (AvgIpc) is 2.92. The van der Waals surface area contributed by atoms with E-state index < -0.39 is 0 Å². The third-order valence-electron chi connectivity index (χ3n) is 4.25. The summed E-state index contributed by atoms with van der Waals surface area (Å²) in [5, 5.41) is 12.1. The van der Waals surface area contributed by atoms with E-state index in [9.17, 15) is 4.79 Å². The van der Waals surface area contributed by atoms with Crippen LogP contribution in [-0.4, -0.2) is 30.9 Å². The zero-order valence-corrected chi connectivity index (χ0v) is 14.5. The van der Waals surface area contributed by atoms with E-state index in [1.54, 1.807) is 12.4 Å². The number of nitrogens with zero attached hydrogens (tertiary/aromatic N) is 4. The maximum absolute atomic E-state index is 12.6. The van der Waals surface area contributed by atoms with Crippen LogP contribution in [0.4, 0.5) is 5.69 Å². The summed E-state index contributed by atoms with van der Waals surface area (Å²) in [6, 6.07) is 11.8. The van der Waals surface area contributed by atoms with Gasteiger partial charge in [-0.1, -0.05) is 30.0 Å². The lowest BCUT2D eigenvalue weighted by atomic mass is 10.1. The Morgan fingerprint density at radius 2 is 2.08 bits per heavy atom. The van der Waals surface area contributed by atoms with Crippen molar-refractivity contribution in [3.8, 4) is 11.4 Å². The SMILES string of the molecule is Cn1c(S[C@H]2CCc3ccccc3NC2=O)nnc1-c1cccnc1. The van der Waals surface area contributed by atoms with Crippen molar-refractivity contribution in [3.05, 3.63) is 54.4 Å². The molecule has 0 bridgehead atoms. The first-order valence-corrected chi connectivity index (χ1v) is 8.95. The summed E-state index contributed by atoms with van der Waals surface area (Å²) in [4.78, 5) is 16.7. The van der Waals surface area contributed by atoms with Gasteiger partial charge in [0.25, 0.3) is 0 Å². The first-order chi connectivity index (χ1) is 12.2. The number of hydrogen-bond donors (Lipinski definition) is 1. The molecule has 126 valence electrons. The maximum Gasteiger partial charge on any atom is 0.237 e. The summed E-state index contributed by atoms with van der Waals surface area (Å²) >= 11 is 1.46. The molecular weight excluding hydrogens is 334 g/mol. The summed E-state index contributed by atoms with van der Waals surface area (Å²) < 4.78 is 1.91. The van der Waals surface area contributed by atoms with E-state index in [0.29, 0.717) is 0 Å². The predicted octanol–water partition coefficient (Wildman–Crippen LogP) is 2.92. The molecule has 0 saturated carbocycles. The highest BCUT2D eigenvalue weighted by Gasteiger charge is 2.26. The van der Waals surface area contributed by atoms with Gasteiger partial charge < -0.3 is 9.88 Å². The van der Waals surface area contributed by atoms with E-state index in [2.05, 4.69) is 26.6 Å². The van der Waals surface area contributed by atoms with Crippen LogP contribution in [0.3, 0.4) is 0 Å². The van der Waals surface area contributed by atoms with Gasteiger partial charge in [0.15, 0.2) is 11.0 Å². The lowest BCUT2D eigenvalue weighted by Crippen LogP contribution is -2.24. The second-order valence-electron chi connectivity index (χ2n) is 5.90. The van der Waals surface area contributed by atoms with E-state index in [1.807, 2.05) is 41.9 Å². The molecule has 6 nitrogen and oxygen atoms in total. The molecule has 1 amide bonds. The van der Waals surface area contributed by atoms with Crippen LogP contribution >= 0.6 is 11.8 Å². The third kappa shape index (κ3) is 3.15. The number of para-hydroxylation sites is 1. The Morgan fingerprint density at radius 1 is 1.20 bits per heavy atom. The molecule has 25 heavy (non-hydrogen) atoms. The zero-order valence-electron chi connectivity index (χ0n) is 13.7. The fourth-order valence-corrected chi connectivity index (χ4v) is 3.88. The highest BCUT2D eigenvalue weighted by molar-refractivity contribution is 8.00. The second kappa shape index (κ2) is 6.68. The Hall–Kier alpha value is -2.67. The first-order valence-electron chi connectivity index (χ1n) is 8.07. The van der Waals surface area contributed by atoms with Gasteiger partial charge in [-0.05, 0) is 36.6 Å². The van der Waals surface area contributed by atoms with Crippen LogP contribution in [0.2, 0.25) is 0 Å². The number of aromatic nitrogens is 4. The third-order valence-corrected chi connectivity index (χ3v) is 5.55. The smallest absolute Gasteiger partial charge is 0.237 e. The van der Waals surface area contributed by atoms with Gasteiger partial charge in [-0.2, -0.15) is 0 Å². The Labute approximate surface area is 149 Å². The second-order valence-corrected chi connectivity index (χ2v) is 7.07. The van der Waals surface area contributed by atoms with E-state index in [-0.39, 0.29) is 11.2 Å². The molecule has 0 spiro atoms. The molecule has 0 saturated heterocycles. The van der Waals surface area contributed by atoms with E-state index in [4.69, 9.17) is 0 Å². The van der Waals surface area contributed by atoms with Gasteiger partial charge in [-0.15, -0.1) is 10.2 Å². The quantitative estimate of drug-likeness (QED) is 0.785. The Balaban J connectivity index is 1.55. The van der Waals surface area contributed by atoms with Crippen molar-refractivity contribution in [1.29, 1.82) is 0 Å². The molecule has 1 aromatic carbocycles. The fourth-order valence-electron chi connectivity index (χ4n) is 2.89. The lowest BCUT2D eigenvalue weighted by Gasteiger charge is -2.12. The van der Waals surface area contributed by atoms with Crippen LogP contribution in [0.15, 0.2) is 53.9 Å². The van der Waals surface area contributed by atoms with Crippen LogP contribution < -0.4 is 5.32 Å². The number of amides is 1. The fraction of sp³-hybridized carbons (Fsp3) is 0.222. The Bertz CT molecular complexity index is 909. The number of anilines is 1. The molecule has 3 aromatic rings. The molecule has 1 aliphatic rings. The van der Waals surface area contributed by atoms with Crippen molar-refractivity contribution < 1.29 is 4.79 Å². The number of nitrogens with one attached hydrogen (secondary N) is 1. The standard InChI is InChI=1S/C18H17N5OS/c1-23-16(13-6-4-10-19-11-13)21-22-18(23)25-15-9-8-12-5-2-3-7-14(12)20-17(15)24/h2-7,10-11,15H,8-9H2,1H3,(H,20,24)/t15-/m0/s1.